The highest BCUT2D eigenvalue weighted by Gasteiger charge is 2.35. The summed E-state index contributed by atoms with van der Waals surface area (Å²) < 4.78 is 43.2. The van der Waals surface area contributed by atoms with Crippen molar-refractivity contribution in [2.24, 2.45) is 5.92 Å². The van der Waals surface area contributed by atoms with Crippen LogP contribution < -0.4 is 5.56 Å². The topological polar surface area (TPSA) is 72.0 Å². The second-order valence-corrected chi connectivity index (χ2v) is 6.70. The molecule has 8 heteroatoms. The number of halogens is 3. The maximum absolute atomic E-state index is 12.8. The highest BCUT2D eigenvalue weighted by Crippen LogP contribution is 2.45. The number of nitrogens with one attached hydrogen (secondary N) is 1. The van der Waals surface area contributed by atoms with Crippen molar-refractivity contribution in [1.82, 2.24) is 9.97 Å². The minimum atomic E-state index is -4.39. The molecule has 1 N–H and O–H groups in total. The van der Waals surface area contributed by atoms with Crippen LogP contribution >= 0.6 is 0 Å². The lowest BCUT2D eigenvalue weighted by molar-refractivity contribution is -0.137. The summed E-state index contributed by atoms with van der Waals surface area (Å²) in [6.45, 7) is 0.0708. The van der Waals surface area contributed by atoms with Gasteiger partial charge in [-0.15, -0.1) is 0 Å². The maximum Gasteiger partial charge on any atom is 0.416 e. The number of ether oxygens (including phenoxy) is 1. The van der Waals surface area contributed by atoms with E-state index in [1.54, 1.807) is 0 Å². The van der Waals surface area contributed by atoms with E-state index < -0.39 is 17.3 Å². The summed E-state index contributed by atoms with van der Waals surface area (Å²) >= 11 is 0. The highest BCUT2D eigenvalue weighted by atomic mass is 19.4. The molecule has 144 valence electrons. The SMILES string of the molecule is COCc1nc(C(=O)C[C@@H](c2ccc(C(F)(F)F)cc2)C2CC2)cc(=O)[nH]1. The number of alkyl halides is 3. The Morgan fingerprint density at radius 2 is 1.96 bits per heavy atom. The van der Waals surface area contributed by atoms with Gasteiger partial charge in [-0.2, -0.15) is 13.2 Å². The molecular formula is C19H19F3N2O3. The van der Waals surface area contributed by atoms with Gasteiger partial charge in [0.2, 0.25) is 0 Å². The molecule has 0 saturated heterocycles. The van der Waals surface area contributed by atoms with Crippen LogP contribution in [0.2, 0.25) is 0 Å². The van der Waals surface area contributed by atoms with E-state index in [1.807, 2.05) is 0 Å². The Hall–Kier alpha value is -2.48. The van der Waals surface area contributed by atoms with Crippen molar-refractivity contribution < 1.29 is 22.7 Å². The zero-order valence-corrected chi connectivity index (χ0v) is 14.7. The summed E-state index contributed by atoms with van der Waals surface area (Å²) in [5, 5.41) is 0. The number of aromatic amines is 1. The standard InChI is InChI=1S/C19H19F3N2O3/c1-27-10-17-23-15(9-18(26)24-17)16(25)8-14(11-2-3-11)12-4-6-13(7-5-12)19(20,21)22/h4-7,9,11,14H,2-3,8,10H2,1H3,(H,23,24,26)/t14-/m1/s1. The van der Waals surface area contributed by atoms with Crippen LogP contribution in [0.25, 0.3) is 0 Å². The number of H-pyrrole nitrogens is 1. The van der Waals surface area contributed by atoms with Gasteiger partial charge in [0.25, 0.3) is 5.56 Å². The minimum absolute atomic E-state index is 0.0448. The van der Waals surface area contributed by atoms with Gasteiger partial charge in [-0.3, -0.25) is 9.59 Å². The van der Waals surface area contributed by atoms with E-state index >= 15 is 0 Å². The van der Waals surface area contributed by atoms with Gasteiger partial charge in [-0.05, 0) is 42.4 Å². The molecule has 0 bridgehead atoms. The normalized spacial score (nSPS) is 15.6. The molecule has 1 saturated carbocycles. The number of benzene rings is 1. The number of carbonyl (C=O) groups is 1. The average molecular weight is 380 g/mol. The fraction of sp³-hybridized carbons (Fsp3) is 0.421. The Kier molecular flexibility index (Phi) is 5.46. The lowest BCUT2D eigenvalue weighted by atomic mass is 9.88. The third kappa shape index (κ3) is 4.82. The van der Waals surface area contributed by atoms with Crippen LogP contribution in [0.15, 0.2) is 35.1 Å². The molecule has 0 spiro atoms. The van der Waals surface area contributed by atoms with Gasteiger partial charge in [0.05, 0.1) is 5.56 Å². The van der Waals surface area contributed by atoms with E-state index in [1.165, 1.54) is 19.2 Å². The van der Waals surface area contributed by atoms with Crippen molar-refractivity contribution in [3.05, 3.63) is 63.3 Å². The van der Waals surface area contributed by atoms with Crippen molar-refractivity contribution in [2.45, 2.75) is 38.0 Å². The zero-order chi connectivity index (χ0) is 19.6. The molecule has 0 radical (unpaired) electrons. The third-order valence-corrected chi connectivity index (χ3v) is 4.62. The molecule has 1 aliphatic carbocycles. The van der Waals surface area contributed by atoms with Crippen molar-refractivity contribution in [1.29, 1.82) is 0 Å². The smallest absolute Gasteiger partial charge is 0.377 e. The minimum Gasteiger partial charge on any atom is -0.377 e. The van der Waals surface area contributed by atoms with Crippen molar-refractivity contribution >= 4 is 5.78 Å². The molecule has 5 nitrogen and oxygen atoms in total. The summed E-state index contributed by atoms with van der Waals surface area (Å²) in [6.07, 6.45) is -2.44. The number of ketones is 1. The van der Waals surface area contributed by atoms with Crippen LogP contribution in [-0.4, -0.2) is 22.9 Å². The Bertz CT molecular complexity index is 871. The molecule has 1 aromatic carbocycles. The molecule has 2 aromatic rings. The summed E-state index contributed by atoms with van der Waals surface area (Å²) in [6, 6.07) is 6.08. The number of aromatic nitrogens is 2. The zero-order valence-electron chi connectivity index (χ0n) is 14.7. The molecule has 27 heavy (non-hydrogen) atoms. The van der Waals surface area contributed by atoms with Gasteiger partial charge in [0, 0.05) is 19.6 Å². The molecule has 1 atom stereocenters. The van der Waals surface area contributed by atoms with E-state index in [-0.39, 0.29) is 42.2 Å². The van der Waals surface area contributed by atoms with Gasteiger partial charge in [-0.25, -0.2) is 4.98 Å². The largest absolute Gasteiger partial charge is 0.416 e. The van der Waals surface area contributed by atoms with Crippen LogP contribution in [0.3, 0.4) is 0 Å². The number of methoxy groups -OCH3 is 1. The number of Topliss-reactive ketones (excluding diaryl/α,β-unsaturated/α-hetero) is 1. The van der Waals surface area contributed by atoms with Gasteiger partial charge < -0.3 is 9.72 Å². The summed E-state index contributed by atoms with van der Waals surface area (Å²) in [4.78, 5) is 31.0. The van der Waals surface area contributed by atoms with E-state index in [4.69, 9.17) is 4.74 Å². The Morgan fingerprint density at radius 1 is 1.30 bits per heavy atom. The predicted octanol–water partition coefficient (Wildman–Crippen LogP) is 3.70. The number of rotatable bonds is 7. The predicted molar refractivity (Wildman–Crippen MR) is 91.4 cm³/mol. The number of hydrogen-bond donors (Lipinski definition) is 1. The van der Waals surface area contributed by atoms with Crippen LogP contribution in [0, 0.1) is 5.92 Å². The second kappa shape index (κ2) is 7.64. The quantitative estimate of drug-likeness (QED) is 0.744. The third-order valence-electron chi connectivity index (χ3n) is 4.62. The molecule has 3 rings (SSSR count). The molecule has 0 unspecified atom stereocenters. The maximum atomic E-state index is 12.8. The first-order valence-corrected chi connectivity index (χ1v) is 8.57. The molecule has 1 aromatic heterocycles. The van der Waals surface area contributed by atoms with E-state index in [9.17, 15) is 22.8 Å². The van der Waals surface area contributed by atoms with E-state index in [0.717, 1.165) is 31.0 Å². The number of nitrogens with zero attached hydrogens (tertiary/aromatic N) is 1. The average Bonchev–Trinajstić information content (AvgIpc) is 3.43. The van der Waals surface area contributed by atoms with Crippen molar-refractivity contribution in [3.8, 4) is 0 Å². The van der Waals surface area contributed by atoms with Crippen LogP contribution in [0.1, 0.15) is 52.6 Å². The van der Waals surface area contributed by atoms with Gasteiger partial charge >= 0.3 is 6.18 Å². The molecule has 0 amide bonds. The number of hydrogen-bond acceptors (Lipinski definition) is 4. The highest BCUT2D eigenvalue weighted by molar-refractivity contribution is 5.94. The first kappa shape index (κ1) is 19.3. The summed E-state index contributed by atoms with van der Waals surface area (Å²) in [5.41, 5.74) is -0.422. The Labute approximate surface area is 153 Å². The lowest BCUT2D eigenvalue weighted by Crippen LogP contribution is -2.18. The summed E-state index contributed by atoms with van der Waals surface area (Å²) in [5.74, 6) is 0.0129. The number of carbonyl (C=O) groups excluding carboxylic acids is 1. The fourth-order valence-corrected chi connectivity index (χ4v) is 3.13. The Balaban J connectivity index is 1.81. The van der Waals surface area contributed by atoms with Crippen molar-refractivity contribution in [2.75, 3.05) is 7.11 Å². The molecular weight excluding hydrogens is 361 g/mol. The lowest BCUT2D eigenvalue weighted by Gasteiger charge is -2.17. The fourth-order valence-electron chi connectivity index (χ4n) is 3.13. The van der Waals surface area contributed by atoms with Crippen molar-refractivity contribution in [3.63, 3.8) is 0 Å². The van der Waals surface area contributed by atoms with Crippen LogP contribution in [-0.2, 0) is 17.5 Å². The Morgan fingerprint density at radius 3 is 2.52 bits per heavy atom. The summed E-state index contributed by atoms with van der Waals surface area (Å²) in [7, 11) is 1.45. The first-order valence-electron chi connectivity index (χ1n) is 8.57. The van der Waals surface area contributed by atoms with Crippen LogP contribution in [0.5, 0.6) is 0 Å². The van der Waals surface area contributed by atoms with Crippen LogP contribution in [0.4, 0.5) is 13.2 Å². The molecule has 1 fully saturated rings. The first-order chi connectivity index (χ1) is 12.8. The molecule has 1 heterocycles. The van der Waals surface area contributed by atoms with E-state index in [0.29, 0.717) is 5.56 Å². The van der Waals surface area contributed by atoms with Gasteiger partial charge in [0.1, 0.15) is 18.1 Å². The van der Waals surface area contributed by atoms with E-state index in [2.05, 4.69) is 9.97 Å². The van der Waals surface area contributed by atoms with Gasteiger partial charge in [0.15, 0.2) is 5.78 Å². The second-order valence-electron chi connectivity index (χ2n) is 6.70. The molecule has 0 aliphatic heterocycles. The monoisotopic (exact) mass is 380 g/mol. The van der Waals surface area contributed by atoms with Gasteiger partial charge in [-0.1, -0.05) is 12.1 Å². The molecule has 1 aliphatic rings.